The summed E-state index contributed by atoms with van der Waals surface area (Å²) < 4.78 is 62.3. The number of amides is 2. The molecule has 2 unspecified atom stereocenters. The van der Waals surface area contributed by atoms with E-state index in [0.717, 1.165) is 109 Å². The molecule has 2 amide bonds. The van der Waals surface area contributed by atoms with Gasteiger partial charge in [-0.25, -0.2) is 22.8 Å². The van der Waals surface area contributed by atoms with Crippen LogP contribution in [-0.2, 0) is 9.47 Å². The minimum Gasteiger partial charge on any atom is -0.497 e. The largest absolute Gasteiger partial charge is 0.497 e. The Labute approximate surface area is 409 Å². The third-order valence-electron chi connectivity index (χ3n) is 13.4. The Morgan fingerprint density at radius 2 is 1.00 bits per heavy atom. The van der Waals surface area contributed by atoms with Crippen molar-refractivity contribution in [2.45, 2.75) is 24.4 Å². The molecule has 4 aliphatic rings. The van der Waals surface area contributed by atoms with Gasteiger partial charge < -0.3 is 29.2 Å². The molecule has 71 heavy (non-hydrogen) atoms. The highest BCUT2D eigenvalue weighted by atomic mass is 19.1. The summed E-state index contributed by atoms with van der Waals surface area (Å²) in [5.74, 6) is -0.407. The van der Waals surface area contributed by atoms with Crippen molar-refractivity contribution < 1.29 is 51.9 Å². The van der Waals surface area contributed by atoms with E-state index in [4.69, 9.17) is 18.9 Å². The van der Waals surface area contributed by atoms with Crippen LogP contribution < -0.4 is 19.3 Å². The second-order valence-electron chi connectivity index (χ2n) is 18.1. The summed E-state index contributed by atoms with van der Waals surface area (Å²) >= 11 is 0. The van der Waals surface area contributed by atoms with Gasteiger partial charge in [-0.15, -0.1) is 0 Å². The number of β-amino-alcohol motifs (C(OH)–C–C–N with tert-alkyl or cyclic N) is 2. The normalized spacial score (nSPS) is 20.2. The van der Waals surface area contributed by atoms with Gasteiger partial charge in [-0.1, -0.05) is 6.07 Å². The number of methoxy groups -OCH3 is 2. The van der Waals surface area contributed by atoms with Crippen molar-refractivity contribution in [3.63, 3.8) is 0 Å². The van der Waals surface area contributed by atoms with Crippen LogP contribution in [-0.4, -0.2) is 170 Å². The zero-order valence-electron chi connectivity index (χ0n) is 39.6. The van der Waals surface area contributed by atoms with E-state index in [1.807, 2.05) is 48.5 Å². The Balaban J connectivity index is 0.000000176. The fraction of sp³-hybridized carbons (Fsp3) is 0.385. The Kier molecular flexibility index (Phi) is 15.4. The Morgan fingerprint density at radius 1 is 0.563 bits per heavy atom. The first-order valence-corrected chi connectivity index (χ1v) is 23.7. The molecule has 4 fully saturated rings. The zero-order chi connectivity index (χ0) is 49.6. The van der Waals surface area contributed by atoms with E-state index in [1.165, 1.54) is 21.9 Å². The highest BCUT2D eigenvalue weighted by molar-refractivity contribution is 5.90. The van der Waals surface area contributed by atoms with Crippen LogP contribution in [0.1, 0.15) is 23.3 Å². The Morgan fingerprint density at radius 3 is 1.45 bits per heavy atom. The average Bonchev–Trinajstić information content (AvgIpc) is 3.94. The minimum atomic E-state index is -0.738. The van der Waals surface area contributed by atoms with Crippen LogP contribution in [0.2, 0.25) is 0 Å². The Hall–Kier alpha value is -6.61. The molecule has 10 rings (SSSR count). The van der Waals surface area contributed by atoms with Crippen LogP contribution in [0, 0.1) is 17.5 Å². The lowest BCUT2D eigenvalue weighted by molar-refractivity contribution is 0.0525. The molecule has 374 valence electrons. The van der Waals surface area contributed by atoms with Gasteiger partial charge in [0.25, 0.3) is 0 Å². The number of carbonyl (C=O) groups excluding carboxylic acids is 2. The monoisotopic (exact) mass is 978 g/mol. The zero-order valence-corrected chi connectivity index (χ0v) is 39.6. The minimum absolute atomic E-state index is 0.153. The number of carbonyl (C=O) groups is 2. The number of nitrogens with zero attached hydrogens (tertiary/aromatic N) is 8. The second kappa shape index (κ2) is 22.2. The van der Waals surface area contributed by atoms with E-state index < -0.39 is 36.0 Å². The van der Waals surface area contributed by atoms with Crippen molar-refractivity contribution in [1.82, 2.24) is 29.6 Å². The standard InChI is InChI=1S/C26H28F2N4O4.C26H29FN4O4/c1-35-20-2-3-24-23(13-20)22(4-5-29-24)25(33)16-31-8-6-30(7-9-31)14-21-15-32(26(34)36-21)19-11-17(27)10-18(28)12-19;1-34-20-5-6-24-23(14-20)22(7-8-28-24)25(32)17-30-11-9-29(10-12-30)15-21-16-31(26(33)35-21)19-4-2-3-18(27)13-19/h2-5,10-13,21,25,33H,6-9,14-16H2,1H3;2-8,13-14,21,25,32H,9-12,15-17H2,1H3/t2*21?,25-/m00/s1. The van der Waals surface area contributed by atoms with Crippen molar-refractivity contribution in [3.8, 4) is 11.5 Å². The lowest BCUT2D eigenvalue weighted by Crippen LogP contribution is -2.49. The number of pyridine rings is 2. The van der Waals surface area contributed by atoms with Crippen LogP contribution in [0.5, 0.6) is 11.5 Å². The van der Waals surface area contributed by atoms with Crippen molar-refractivity contribution in [2.24, 2.45) is 0 Å². The van der Waals surface area contributed by atoms with E-state index in [0.29, 0.717) is 44.2 Å². The lowest BCUT2D eigenvalue weighted by Gasteiger charge is -2.36. The third kappa shape index (κ3) is 12.0. The van der Waals surface area contributed by atoms with Crippen LogP contribution >= 0.6 is 0 Å². The number of rotatable bonds is 14. The molecule has 19 heteroatoms. The first kappa shape index (κ1) is 49.4. The number of anilines is 2. The molecule has 0 radical (unpaired) electrons. The van der Waals surface area contributed by atoms with Crippen LogP contribution in [0.4, 0.5) is 34.1 Å². The maximum Gasteiger partial charge on any atom is 0.414 e. The molecule has 2 N–H and O–H groups in total. The maximum absolute atomic E-state index is 13.6. The number of ether oxygens (including phenoxy) is 4. The fourth-order valence-corrected chi connectivity index (χ4v) is 9.69. The molecule has 4 saturated heterocycles. The maximum atomic E-state index is 13.6. The van der Waals surface area contributed by atoms with Crippen molar-refractivity contribution in [3.05, 3.63) is 132 Å². The first-order chi connectivity index (χ1) is 34.4. The van der Waals surface area contributed by atoms with Crippen LogP contribution in [0.15, 0.2) is 103 Å². The van der Waals surface area contributed by atoms with Gasteiger partial charge in [-0.05, 0) is 90.0 Å². The molecule has 0 aliphatic carbocycles. The van der Waals surface area contributed by atoms with Crippen LogP contribution in [0.3, 0.4) is 0 Å². The van der Waals surface area contributed by atoms with Gasteiger partial charge in [0.15, 0.2) is 0 Å². The number of halogens is 3. The summed E-state index contributed by atoms with van der Waals surface area (Å²) in [6, 6.07) is 24.0. The van der Waals surface area contributed by atoms with Crippen molar-refractivity contribution >= 4 is 45.4 Å². The SMILES string of the molecule is COc1ccc2nccc([C@@H](O)CN3CCN(CC4CN(c5cc(F)cc(F)c5)C(=O)O4)CC3)c2c1.COc1ccc2nccc([C@@H](O)CN3CCN(CC4CN(c5cccc(F)c5)C(=O)O4)CC3)c2c1. The summed E-state index contributed by atoms with van der Waals surface area (Å²) in [5.41, 5.74) is 3.95. The number of hydrogen-bond acceptors (Lipinski definition) is 14. The van der Waals surface area contributed by atoms with E-state index in [2.05, 4.69) is 29.6 Å². The topological polar surface area (TPSA) is 157 Å². The summed E-state index contributed by atoms with van der Waals surface area (Å²) in [7, 11) is 3.23. The molecule has 0 bridgehead atoms. The van der Waals surface area contributed by atoms with E-state index >= 15 is 0 Å². The lowest BCUT2D eigenvalue weighted by atomic mass is 10.0. The molecule has 16 nitrogen and oxygen atoms in total. The quantitative estimate of drug-likeness (QED) is 0.126. The molecule has 4 aromatic carbocycles. The third-order valence-corrected chi connectivity index (χ3v) is 13.4. The number of aliphatic hydroxyl groups is 2. The number of piperazine rings is 2. The predicted octanol–water partition coefficient (Wildman–Crippen LogP) is 6.26. The summed E-state index contributed by atoms with van der Waals surface area (Å²) in [6.07, 6.45) is 0.411. The predicted molar refractivity (Wildman–Crippen MR) is 260 cm³/mol. The summed E-state index contributed by atoms with van der Waals surface area (Å²) in [6.45, 7) is 9.05. The Bertz CT molecular complexity index is 2810. The van der Waals surface area contributed by atoms with Gasteiger partial charge >= 0.3 is 12.2 Å². The van der Waals surface area contributed by atoms with E-state index in [1.54, 1.807) is 38.7 Å². The highest BCUT2D eigenvalue weighted by Crippen LogP contribution is 2.30. The number of fused-ring (bicyclic) bond motifs is 2. The molecule has 4 aliphatic heterocycles. The number of hydrogen-bond donors (Lipinski definition) is 2. The highest BCUT2D eigenvalue weighted by Gasteiger charge is 2.36. The molecule has 0 saturated carbocycles. The van der Waals surface area contributed by atoms with Gasteiger partial charge in [0.05, 0.1) is 61.9 Å². The number of aliphatic hydroxyl groups excluding tert-OH is 2. The first-order valence-electron chi connectivity index (χ1n) is 23.7. The molecule has 0 spiro atoms. The number of benzene rings is 4. The molecule has 6 aromatic rings. The molecular weight excluding hydrogens is 922 g/mol. The summed E-state index contributed by atoms with van der Waals surface area (Å²) in [4.78, 5) is 45.0. The van der Waals surface area contributed by atoms with Gasteiger partial charge in [-0.3, -0.25) is 39.4 Å². The van der Waals surface area contributed by atoms with E-state index in [9.17, 15) is 33.0 Å². The van der Waals surface area contributed by atoms with Gasteiger partial charge in [0.2, 0.25) is 0 Å². The molecule has 6 heterocycles. The fourth-order valence-electron chi connectivity index (χ4n) is 9.69. The number of aromatic nitrogens is 2. The van der Waals surface area contributed by atoms with E-state index in [-0.39, 0.29) is 30.3 Å². The molecule has 4 atom stereocenters. The second-order valence-corrected chi connectivity index (χ2v) is 18.1. The van der Waals surface area contributed by atoms with Gasteiger partial charge in [0.1, 0.15) is 41.2 Å². The van der Waals surface area contributed by atoms with Crippen molar-refractivity contribution in [2.75, 3.05) is 116 Å². The van der Waals surface area contributed by atoms with Gasteiger partial charge in [0, 0.05) is 108 Å². The smallest absolute Gasteiger partial charge is 0.414 e. The average molecular weight is 979 g/mol. The molecule has 2 aromatic heterocycles. The van der Waals surface area contributed by atoms with Crippen LogP contribution in [0.25, 0.3) is 21.8 Å². The van der Waals surface area contributed by atoms with Crippen molar-refractivity contribution in [1.29, 1.82) is 0 Å². The van der Waals surface area contributed by atoms with Gasteiger partial charge in [-0.2, -0.15) is 0 Å². The summed E-state index contributed by atoms with van der Waals surface area (Å²) in [5, 5.41) is 23.8. The molecular formula is C52H57F3N8O8. The number of cyclic esters (lactones) is 2.